The van der Waals surface area contributed by atoms with Crippen molar-refractivity contribution >= 4 is 28.3 Å². The number of aromatic nitrogens is 2. The molecule has 1 aromatic heterocycles. The summed E-state index contributed by atoms with van der Waals surface area (Å²) < 4.78 is 0. The molecule has 0 fully saturated rings. The molecule has 0 saturated heterocycles. The monoisotopic (exact) mass is 403 g/mol. The van der Waals surface area contributed by atoms with E-state index in [9.17, 15) is 9.59 Å². The van der Waals surface area contributed by atoms with E-state index in [4.69, 9.17) is 11.6 Å². The summed E-state index contributed by atoms with van der Waals surface area (Å²) in [6.07, 6.45) is 0.591. The van der Waals surface area contributed by atoms with Gasteiger partial charge in [0.15, 0.2) is 5.69 Å². The largest absolute Gasteiger partial charge is 0.343 e. The number of benzene rings is 3. The SMILES string of the molecule is O=C(NC(Cc1ccc(Cl)cc1)c1ccccc1)c1n[nH]c(=O)c2ccccc12. The number of carbonyl (C=O) groups excluding carboxylic acids is 1. The van der Waals surface area contributed by atoms with Gasteiger partial charge in [-0.1, -0.05) is 72.3 Å². The van der Waals surface area contributed by atoms with Crippen LogP contribution in [0.2, 0.25) is 5.02 Å². The summed E-state index contributed by atoms with van der Waals surface area (Å²) in [5.74, 6) is -0.347. The predicted molar refractivity (Wildman–Crippen MR) is 114 cm³/mol. The first kappa shape index (κ1) is 18.9. The van der Waals surface area contributed by atoms with Crippen LogP contribution in [0.1, 0.15) is 27.7 Å². The normalized spacial score (nSPS) is 11.9. The average Bonchev–Trinajstić information content (AvgIpc) is 2.76. The molecule has 1 atom stereocenters. The minimum atomic E-state index is -0.347. The maximum atomic E-state index is 13.1. The van der Waals surface area contributed by atoms with Crippen LogP contribution in [0.3, 0.4) is 0 Å². The Balaban J connectivity index is 1.67. The highest BCUT2D eigenvalue weighted by molar-refractivity contribution is 6.30. The second kappa shape index (κ2) is 8.29. The second-order valence-electron chi connectivity index (χ2n) is 6.71. The highest BCUT2D eigenvalue weighted by Crippen LogP contribution is 2.21. The summed E-state index contributed by atoms with van der Waals surface area (Å²) in [5, 5.41) is 11.1. The van der Waals surface area contributed by atoms with Gasteiger partial charge in [0.25, 0.3) is 11.5 Å². The molecule has 0 aliphatic rings. The minimum absolute atomic E-state index is 0.192. The van der Waals surface area contributed by atoms with Crippen LogP contribution in [-0.4, -0.2) is 16.1 Å². The smallest absolute Gasteiger partial charge is 0.272 e. The minimum Gasteiger partial charge on any atom is -0.343 e. The van der Waals surface area contributed by atoms with Crippen molar-refractivity contribution in [3.8, 4) is 0 Å². The van der Waals surface area contributed by atoms with E-state index in [1.807, 2.05) is 54.6 Å². The predicted octanol–water partition coefficient (Wildman–Crippen LogP) is 4.29. The van der Waals surface area contributed by atoms with Crippen molar-refractivity contribution in [3.05, 3.63) is 111 Å². The number of fused-ring (bicyclic) bond motifs is 1. The number of nitrogens with zero attached hydrogens (tertiary/aromatic N) is 1. The summed E-state index contributed by atoms with van der Waals surface area (Å²) >= 11 is 5.99. The van der Waals surface area contributed by atoms with Crippen molar-refractivity contribution in [2.45, 2.75) is 12.5 Å². The Hall–Kier alpha value is -3.44. The van der Waals surface area contributed by atoms with E-state index in [0.29, 0.717) is 22.2 Å². The molecule has 1 heterocycles. The van der Waals surface area contributed by atoms with Crippen LogP contribution in [0, 0.1) is 0 Å². The van der Waals surface area contributed by atoms with Gasteiger partial charge in [-0.3, -0.25) is 9.59 Å². The molecule has 4 aromatic rings. The van der Waals surface area contributed by atoms with E-state index in [2.05, 4.69) is 15.5 Å². The zero-order valence-corrected chi connectivity index (χ0v) is 16.2. The Morgan fingerprint density at radius 2 is 1.59 bits per heavy atom. The molecule has 0 aliphatic heterocycles. The van der Waals surface area contributed by atoms with Gasteiger partial charge in [-0.05, 0) is 35.7 Å². The van der Waals surface area contributed by atoms with Crippen molar-refractivity contribution in [3.63, 3.8) is 0 Å². The quantitative estimate of drug-likeness (QED) is 0.522. The van der Waals surface area contributed by atoms with Crippen molar-refractivity contribution in [1.29, 1.82) is 0 Å². The molecule has 3 aromatic carbocycles. The van der Waals surface area contributed by atoms with Gasteiger partial charge in [0, 0.05) is 10.4 Å². The molecule has 1 unspecified atom stereocenters. The third kappa shape index (κ3) is 4.20. The number of hydrogen-bond acceptors (Lipinski definition) is 3. The van der Waals surface area contributed by atoms with Gasteiger partial charge in [0.2, 0.25) is 0 Å². The summed E-state index contributed by atoms with van der Waals surface area (Å²) in [6.45, 7) is 0. The zero-order valence-electron chi connectivity index (χ0n) is 15.4. The lowest BCUT2D eigenvalue weighted by molar-refractivity contribution is 0.0932. The van der Waals surface area contributed by atoms with E-state index in [1.54, 1.807) is 24.3 Å². The molecule has 4 rings (SSSR count). The third-order valence-electron chi connectivity index (χ3n) is 4.77. The van der Waals surface area contributed by atoms with E-state index >= 15 is 0 Å². The van der Waals surface area contributed by atoms with Crippen LogP contribution in [0.5, 0.6) is 0 Å². The molecule has 144 valence electrons. The number of hydrogen-bond donors (Lipinski definition) is 2. The maximum absolute atomic E-state index is 13.1. The van der Waals surface area contributed by atoms with Crippen molar-refractivity contribution in [2.75, 3.05) is 0 Å². The lowest BCUT2D eigenvalue weighted by atomic mass is 9.98. The van der Waals surface area contributed by atoms with Gasteiger partial charge in [0.1, 0.15) is 0 Å². The Kier molecular flexibility index (Phi) is 5.40. The van der Waals surface area contributed by atoms with Gasteiger partial charge in [-0.2, -0.15) is 5.10 Å². The van der Waals surface area contributed by atoms with Crippen LogP contribution in [0.4, 0.5) is 0 Å². The summed E-state index contributed by atoms with van der Waals surface area (Å²) in [6, 6.07) is 24.0. The molecule has 0 aliphatic carbocycles. The molecule has 0 radical (unpaired) electrons. The Labute approximate surface area is 172 Å². The average molecular weight is 404 g/mol. The van der Waals surface area contributed by atoms with Gasteiger partial charge in [-0.15, -0.1) is 0 Å². The number of carbonyl (C=O) groups is 1. The Morgan fingerprint density at radius 1 is 0.931 bits per heavy atom. The number of nitrogens with one attached hydrogen (secondary N) is 2. The van der Waals surface area contributed by atoms with E-state index in [1.165, 1.54) is 0 Å². The molecule has 5 nitrogen and oxygen atoms in total. The van der Waals surface area contributed by atoms with Crippen LogP contribution in [0.25, 0.3) is 10.8 Å². The van der Waals surface area contributed by atoms with E-state index < -0.39 is 0 Å². The van der Waals surface area contributed by atoms with E-state index in [0.717, 1.165) is 11.1 Å². The summed E-state index contributed by atoms with van der Waals surface area (Å²) in [7, 11) is 0. The first-order valence-corrected chi connectivity index (χ1v) is 9.57. The molecule has 2 N–H and O–H groups in total. The molecule has 6 heteroatoms. The maximum Gasteiger partial charge on any atom is 0.272 e. The van der Waals surface area contributed by atoms with Crippen LogP contribution >= 0.6 is 11.6 Å². The second-order valence-corrected chi connectivity index (χ2v) is 7.15. The highest BCUT2D eigenvalue weighted by atomic mass is 35.5. The third-order valence-corrected chi connectivity index (χ3v) is 5.02. The number of amides is 1. The number of H-pyrrole nitrogens is 1. The highest BCUT2D eigenvalue weighted by Gasteiger charge is 2.20. The standard InChI is InChI=1S/C23H18ClN3O2/c24-17-12-10-15(11-13-17)14-20(16-6-2-1-3-7-16)25-23(29)21-18-8-4-5-9-19(18)22(28)27-26-21/h1-13,20H,14H2,(H,25,29)(H,27,28). The molecule has 0 spiro atoms. The van der Waals surface area contributed by atoms with Crippen LogP contribution < -0.4 is 10.9 Å². The summed E-state index contributed by atoms with van der Waals surface area (Å²) in [4.78, 5) is 25.1. The summed E-state index contributed by atoms with van der Waals surface area (Å²) in [5.41, 5.74) is 1.89. The fourth-order valence-corrected chi connectivity index (χ4v) is 3.43. The number of rotatable bonds is 5. The lowest BCUT2D eigenvalue weighted by Crippen LogP contribution is -2.31. The van der Waals surface area contributed by atoms with Crippen molar-refractivity contribution in [2.24, 2.45) is 0 Å². The molecule has 0 saturated carbocycles. The fraction of sp³-hybridized carbons (Fsp3) is 0.0870. The van der Waals surface area contributed by atoms with Gasteiger partial charge >= 0.3 is 0 Å². The first-order valence-electron chi connectivity index (χ1n) is 9.19. The fourth-order valence-electron chi connectivity index (χ4n) is 3.31. The molecule has 29 heavy (non-hydrogen) atoms. The van der Waals surface area contributed by atoms with E-state index in [-0.39, 0.29) is 23.2 Å². The zero-order chi connectivity index (χ0) is 20.2. The molecular weight excluding hydrogens is 386 g/mol. The molecule has 0 bridgehead atoms. The van der Waals surface area contributed by atoms with Crippen molar-refractivity contribution in [1.82, 2.24) is 15.5 Å². The Bertz CT molecular complexity index is 1200. The van der Waals surface area contributed by atoms with Gasteiger partial charge < -0.3 is 5.32 Å². The first-order chi connectivity index (χ1) is 14.1. The van der Waals surface area contributed by atoms with Crippen LogP contribution in [0.15, 0.2) is 83.7 Å². The molecular formula is C23H18ClN3O2. The number of aromatic amines is 1. The van der Waals surface area contributed by atoms with Gasteiger partial charge in [-0.25, -0.2) is 5.10 Å². The van der Waals surface area contributed by atoms with Crippen LogP contribution in [-0.2, 0) is 6.42 Å². The van der Waals surface area contributed by atoms with Crippen molar-refractivity contribution < 1.29 is 4.79 Å². The lowest BCUT2D eigenvalue weighted by Gasteiger charge is -2.20. The number of halogens is 1. The molecule has 1 amide bonds. The Morgan fingerprint density at radius 3 is 2.31 bits per heavy atom. The topological polar surface area (TPSA) is 74.8 Å². The van der Waals surface area contributed by atoms with Gasteiger partial charge in [0.05, 0.1) is 11.4 Å².